The van der Waals surface area contributed by atoms with Crippen molar-refractivity contribution in [1.29, 1.82) is 0 Å². The van der Waals surface area contributed by atoms with Crippen molar-refractivity contribution in [3.63, 3.8) is 0 Å². The largest absolute Gasteiger partial charge is 0.444 e. The molecule has 0 aliphatic rings. The van der Waals surface area contributed by atoms with E-state index in [4.69, 9.17) is 4.74 Å². The zero-order valence-electron chi connectivity index (χ0n) is 24.8. The molecule has 1 aromatic carbocycles. The molecular formula is C29H36N8O4. The van der Waals surface area contributed by atoms with Gasteiger partial charge in [-0.3, -0.25) is 18.5 Å². The van der Waals surface area contributed by atoms with Gasteiger partial charge in [0.2, 0.25) is 5.95 Å². The highest BCUT2D eigenvalue weighted by atomic mass is 16.6. The zero-order valence-corrected chi connectivity index (χ0v) is 24.8. The van der Waals surface area contributed by atoms with Crippen LogP contribution in [0.15, 0.2) is 33.9 Å². The number of alkyl carbamates (subject to hydrolysis) is 1. The lowest BCUT2D eigenvalue weighted by Crippen LogP contribution is -2.43. The number of imidazole rings is 1. The maximum atomic E-state index is 13.9. The first-order chi connectivity index (χ1) is 19.3. The Hall–Kier alpha value is -4.66. The van der Waals surface area contributed by atoms with Gasteiger partial charge in [0.15, 0.2) is 11.2 Å². The number of nitrogens with one attached hydrogen (secondary N) is 1. The van der Waals surface area contributed by atoms with E-state index in [1.54, 1.807) is 46.4 Å². The van der Waals surface area contributed by atoms with Crippen molar-refractivity contribution in [2.45, 2.75) is 66.3 Å². The van der Waals surface area contributed by atoms with E-state index >= 15 is 0 Å². The summed E-state index contributed by atoms with van der Waals surface area (Å²) >= 11 is 0. The standard InChI is InChI=1S/C29H36N8O4/c1-9-10-15-36-23-24(33-26(36)34(7)16-18(2)30-27(39)41-29(4,5)6)35(8)28(40)37(25(23)38)17-22-31-19(3)20-13-11-12-14-21(20)32-22/h11-14,18H,15-17H2,1-8H3,(H,30,39)/t18-/m1/s1. The predicted octanol–water partition coefficient (Wildman–Crippen LogP) is 2.57. The number of likely N-dealkylation sites (N-methyl/N-ethyl adjacent to an activating group) is 1. The first kappa shape index (κ1) is 29.3. The zero-order chi connectivity index (χ0) is 30.1. The van der Waals surface area contributed by atoms with Crippen LogP contribution in [0.4, 0.5) is 10.7 Å². The number of carbonyl (C=O) groups excluding carboxylic acids is 1. The van der Waals surface area contributed by atoms with Crippen LogP contribution in [0, 0.1) is 18.8 Å². The Kier molecular flexibility index (Phi) is 8.19. The lowest BCUT2D eigenvalue weighted by molar-refractivity contribution is 0.0510. The summed E-state index contributed by atoms with van der Waals surface area (Å²) in [5.74, 6) is 6.66. The number of rotatable bonds is 7. The van der Waals surface area contributed by atoms with Gasteiger partial charge in [-0.15, -0.1) is 5.92 Å². The summed E-state index contributed by atoms with van der Waals surface area (Å²) in [6.07, 6.45) is -0.528. The molecule has 4 rings (SSSR count). The predicted molar refractivity (Wildman–Crippen MR) is 158 cm³/mol. The van der Waals surface area contributed by atoms with Gasteiger partial charge < -0.3 is 15.0 Å². The number of aromatic nitrogens is 6. The number of para-hydroxylation sites is 1. The second-order valence-electron chi connectivity index (χ2n) is 11.0. The Balaban J connectivity index is 1.75. The smallest absolute Gasteiger partial charge is 0.407 e. The second-order valence-corrected chi connectivity index (χ2v) is 11.0. The normalized spacial score (nSPS) is 12.2. The molecule has 3 aromatic heterocycles. The van der Waals surface area contributed by atoms with Crippen LogP contribution < -0.4 is 21.5 Å². The highest BCUT2D eigenvalue weighted by molar-refractivity contribution is 5.80. The number of hydrogen-bond donors (Lipinski definition) is 1. The molecule has 4 aromatic rings. The Morgan fingerprint density at radius 2 is 1.85 bits per heavy atom. The highest BCUT2D eigenvalue weighted by Gasteiger charge is 2.24. The molecule has 12 nitrogen and oxygen atoms in total. The molecule has 0 unspecified atom stereocenters. The molecule has 0 bridgehead atoms. The molecule has 0 radical (unpaired) electrons. The molecule has 3 heterocycles. The first-order valence-electron chi connectivity index (χ1n) is 13.3. The number of benzene rings is 1. The summed E-state index contributed by atoms with van der Waals surface area (Å²) in [4.78, 5) is 55.2. The summed E-state index contributed by atoms with van der Waals surface area (Å²) in [5.41, 5.74) is 0.310. The molecule has 0 aliphatic carbocycles. The molecule has 41 heavy (non-hydrogen) atoms. The van der Waals surface area contributed by atoms with E-state index in [1.165, 1.54) is 4.57 Å². The van der Waals surface area contributed by atoms with Gasteiger partial charge in [-0.2, -0.15) is 4.98 Å². The molecule has 0 saturated carbocycles. The molecule has 0 aliphatic heterocycles. The van der Waals surface area contributed by atoms with Gasteiger partial charge in [0, 0.05) is 37.8 Å². The van der Waals surface area contributed by atoms with E-state index in [9.17, 15) is 14.4 Å². The van der Waals surface area contributed by atoms with Crippen LogP contribution in [-0.2, 0) is 24.9 Å². The number of hydrogen-bond acceptors (Lipinski definition) is 8. The quantitative estimate of drug-likeness (QED) is 0.342. The molecule has 0 spiro atoms. The molecular weight excluding hydrogens is 524 g/mol. The lowest BCUT2D eigenvalue weighted by Gasteiger charge is -2.25. The molecule has 0 saturated heterocycles. The number of anilines is 1. The minimum atomic E-state index is -0.621. The maximum Gasteiger partial charge on any atom is 0.407 e. The highest BCUT2D eigenvalue weighted by Crippen LogP contribution is 2.20. The SMILES string of the molecule is CC#CCn1c(N(C)C[C@@H](C)NC(=O)OC(C)(C)C)nc2c1c(=O)n(Cc1nc(C)c3ccccc3n1)c(=O)n2C. The van der Waals surface area contributed by atoms with Crippen LogP contribution in [0.5, 0.6) is 0 Å². The fourth-order valence-electron chi connectivity index (χ4n) is 4.65. The van der Waals surface area contributed by atoms with Gasteiger partial charge in [-0.05, 0) is 47.6 Å². The average Bonchev–Trinajstić information content (AvgIpc) is 3.27. The summed E-state index contributed by atoms with van der Waals surface area (Å²) in [7, 11) is 3.37. The summed E-state index contributed by atoms with van der Waals surface area (Å²) < 4.78 is 9.52. The Labute approximate surface area is 238 Å². The molecule has 12 heteroatoms. The number of ether oxygens (including phenoxy) is 1. The van der Waals surface area contributed by atoms with E-state index in [0.717, 1.165) is 21.2 Å². The topological polar surface area (TPSA) is 129 Å². The van der Waals surface area contributed by atoms with Crippen LogP contribution in [0.25, 0.3) is 22.1 Å². The third kappa shape index (κ3) is 6.24. The Bertz CT molecular complexity index is 1800. The van der Waals surface area contributed by atoms with Crippen molar-refractivity contribution in [2.75, 3.05) is 18.5 Å². The number of fused-ring (bicyclic) bond motifs is 2. The van der Waals surface area contributed by atoms with Gasteiger partial charge in [-0.1, -0.05) is 24.1 Å². The van der Waals surface area contributed by atoms with Crippen LogP contribution >= 0.6 is 0 Å². The summed E-state index contributed by atoms with van der Waals surface area (Å²) in [6.45, 7) is 11.3. The van der Waals surface area contributed by atoms with Gasteiger partial charge in [0.1, 0.15) is 11.4 Å². The van der Waals surface area contributed by atoms with E-state index in [0.29, 0.717) is 18.3 Å². The van der Waals surface area contributed by atoms with Gasteiger partial charge in [0.25, 0.3) is 5.56 Å². The van der Waals surface area contributed by atoms with E-state index < -0.39 is 22.9 Å². The first-order valence-corrected chi connectivity index (χ1v) is 13.3. The second kappa shape index (κ2) is 11.4. The van der Waals surface area contributed by atoms with E-state index in [1.807, 2.05) is 43.0 Å². The molecule has 1 atom stereocenters. The Morgan fingerprint density at radius 1 is 1.15 bits per heavy atom. The third-order valence-corrected chi connectivity index (χ3v) is 6.42. The Morgan fingerprint density at radius 3 is 2.54 bits per heavy atom. The number of aryl methyl sites for hydroxylation is 2. The lowest BCUT2D eigenvalue weighted by atomic mass is 10.2. The van der Waals surface area contributed by atoms with E-state index in [-0.39, 0.29) is 30.3 Å². The van der Waals surface area contributed by atoms with Crippen molar-refractivity contribution in [1.82, 2.24) is 34.0 Å². The number of amides is 1. The molecule has 0 fully saturated rings. The van der Waals surface area contributed by atoms with Crippen molar-refractivity contribution in [3.05, 3.63) is 56.6 Å². The van der Waals surface area contributed by atoms with Gasteiger partial charge in [0.05, 0.1) is 18.6 Å². The fraction of sp³-hybridized carbons (Fsp3) is 0.448. The average molecular weight is 561 g/mol. The summed E-state index contributed by atoms with van der Waals surface area (Å²) in [6, 6.07) is 7.28. The van der Waals surface area contributed by atoms with Crippen molar-refractivity contribution >= 4 is 34.1 Å². The third-order valence-electron chi connectivity index (χ3n) is 6.42. The van der Waals surface area contributed by atoms with Crippen LogP contribution in [0.2, 0.25) is 0 Å². The fourth-order valence-corrected chi connectivity index (χ4v) is 4.65. The van der Waals surface area contributed by atoms with Crippen LogP contribution in [0.1, 0.15) is 46.1 Å². The monoisotopic (exact) mass is 560 g/mol. The maximum absolute atomic E-state index is 13.9. The van der Waals surface area contributed by atoms with Crippen LogP contribution in [-0.4, -0.2) is 60.0 Å². The number of carbonyl (C=O) groups is 1. The van der Waals surface area contributed by atoms with Crippen molar-refractivity contribution in [3.8, 4) is 11.8 Å². The van der Waals surface area contributed by atoms with E-state index in [2.05, 4.69) is 32.1 Å². The van der Waals surface area contributed by atoms with Crippen molar-refractivity contribution < 1.29 is 9.53 Å². The van der Waals surface area contributed by atoms with Gasteiger partial charge in [-0.25, -0.2) is 19.6 Å². The summed E-state index contributed by atoms with van der Waals surface area (Å²) in [5, 5.41) is 3.72. The number of nitrogens with zero attached hydrogens (tertiary/aromatic N) is 7. The molecule has 1 amide bonds. The minimum absolute atomic E-state index is 0.0974. The minimum Gasteiger partial charge on any atom is -0.444 e. The van der Waals surface area contributed by atoms with Crippen molar-refractivity contribution in [2.24, 2.45) is 7.05 Å². The molecule has 1 N–H and O–H groups in total. The van der Waals surface area contributed by atoms with Crippen LogP contribution in [0.3, 0.4) is 0 Å². The van der Waals surface area contributed by atoms with Gasteiger partial charge >= 0.3 is 11.8 Å². The molecule has 216 valence electrons.